The topological polar surface area (TPSA) is 98.0 Å². The number of aromatic nitrogens is 1. The van der Waals surface area contributed by atoms with Crippen LogP contribution in [-0.4, -0.2) is 16.9 Å². The lowest BCUT2D eigenvalue weighted by atomic mass is 10.1. The normalized spacial score (nSPS) is 13.3. The summed E-state index contributed by atoms with van der Waals surface area (Å²) in [6.07, 6.45) is 3.59. The first-order valence-corrected chi connectivity index (χ1v) is 11.1. The molecule has 4 aromatic rings. The molecule has 0 unspecified atom stereocenters. The van der Waals surface area contributed by atoms with E-state index >= 15 is 0 Å². The highest BCUT2D eigenvalue weighted by atomic mass is 19.1. The van der Waals surface area contributed by atoms with Gasteiger partial charge in [-0.15, -0.1) is 0 Å². The van der Waals surface area contributed by atoms with Gasteiger partial charge in [-0.25, -0.2) is 13.6 Å². The summed E-state index contributed by atoms with van der Waals surface area (Å²) in [5.74, 6) is -1.92. The average Bonchev–Trinajstić information content (AvgIpc) is 3.46. The number of aromatic amines is 1. The minimum atomic E-state index is -0.869. The molecular weight excluding hydrogens is 464 g/mol. The number of fused-ring (bicyclic) bond motifs is 1. The van der Waals surface area contributed by atoms with Gasteiger partial charge in [0.1, 0.15) is 17.3 Å². The van der Waals surface area contributed by atoms with Gasteiger partial charge < -0.3 is 26.3 Å². The maximum absolute atomic E-state index is 13.8. The fourth-order valence-corrected chi connectivity index (χ4v) is 3.89. The van der Waals surface area contributed by atoms with Crippen molar-refractivity contribution < 1.29 is 18.4 Å². The highest BCUT2D eigenvalue weighted by Crippen LogP contribution is 2.36. The molecule has 0 atom stereocenters. The van der Waals surface area contributed by atoms with Crippen molar-refractivity contribution in [3.8, 4) is 0 Å². The molecule has 3 amide bonds. The van der Waals surface area contributed by atoms with Crippen LogP contribution in [0, 0.1) is 18.6 Å². The Bertz CT molecular complexity index is 1490. The molecule has 0 saturated carbocycles. The molecule has 5 rings (SSSR count). The van der Waals surface area contributed by atoms with E-state index in [0.717, 1.165) is 34.6 Å². The van der Waals surface area contributed by atoms with E-state index in [1.807, 2.05) is 37.3 Å². The second-order valence-corrected chi connectivity index (χ2v) is 8.23. The number of aryl methyl sites for hydroxylation is 1. The van der Waals surface area contributed by atoms with Crippen LogP contribution in [0.25, 0.3) is 11.6 Å². The van der Waals surface area contributed by atoms with Crippen molar-refractivity contribution in [3.63, 3.8) is 0 Å². The van der Waals surface area contributed by atoms with E-state index in [2.05, 4.69) is 26.3 Å². The van der Waals surface area contributed by atoms with Crippen molar-refractivity contribution in [3.05, 3.63) is 101 Å². The second-order valence-electron chi connectivity index (χ2n) is 8.23. The zero-order chi connectivity index (χ0) is 25.2. The van der Waals surface area contributed by atoms with Crippen LogP contribution in [-0.2, 0) is 4.79 Å². The Morgan fingerprint density at radius 3 is 2.44 bits per heavy atom. The van der Waals surface area contributed by atoms with Gasteiger partial charge in [0, 0.05) is 34.5 Å². The van der Waals surface area contributed by atoms with E-state index in [0.29, 0.717) is 22.6 Å². The second kappa shape index (κ2) is 9.38. The third-order valence-corrected chi connectivity index (χ3v) is 5.70. The maximum atomic E-state index is 13.8. The summed E-state index contributed by atoms with van der Waals surface area (Å²) in [4.78, 5) is 27.9. The molecule has 9 heteroatoms. The number of nitrogens with one attached hydrogen (secondary N) is 5. The fourth-order valence-electron chi connectivity index (χ4n) is 3.89. The molecule has 1 aliphatic rings. The Balaban J connectivity index is 1.33. The number of halogens is 2. The third kappa shape index (κ3) is 4.67. The number of urea groups is 1. The lowest BCUT2D eigenvalue weighted by molar-refractivity contribution is -0.110. The van der Waals surface area contributed by atoms with E-state index in [9.17, 15) is 18.4 Å². The third-order valence-electron chi connectivity index (χ3n) is 5.70. The molecule has 2 heterocycles. The number of benzene rings is 3. The Morgan fingerprint density at radius 1 is 0.917 bits per heavy atom. The molecule has 0 aliphatic carbocycles. The van der Waals surface area contributed by atoms with E-state index in [4.69, 9.17) is 0 Å². The predicted octanol–water partition coefficient (Wildman–Crippen LogP) is 6.48. The van der Waals surface area contributed by atoms with Crippen molar-refractivity contribution in [2.75, 3.05) is 21.3 Å². The number of anilines is 5. The van der Waals surface area contributed by atoms with Crippen molar-refractivity contribution in [2.24, 2.45) is 0 Å². The monoisotopic (exact) mass is 485 g/mol. The molecule has 7 nitrogen and oxygen atoms in total. The number of hydrogen-bond acceptors (Lipinski definition) is 3. The zero-order valence-corrected chi connectivity index (χ0v) is 19.1. The molecule has 1 aromatic heterocycles. The molecule has 0 fully saturated rings. The fraction of sp³-hybridized carbons (Fsp3) is 0.0370. The minimum Gasteiger partial charge on any atom is -0.362 e. The van der Waals surface area contributed by atoms with Gasteiger partial charge in [0.15, 0.2) is 0 Å². The van der Waals surface area contributed by atoms with Gasteiger partial charge in [0.2, 0.25) is 0 Å². The largest absolute Gasteiger partial charge is 0.362 e. The molecule has 5 N–H and O–H groups in total. The first-order chi connectivity index (χ1) is 17.4. The SMILES string of the molecule is Cc1ccc(NC(=O)Nc2c(F)cccc2F)cc1Nc1ccc2c(c1)NC(=O)C2=Cc1ccc[nH]1. The smallest absolute Gasteiger partial charge is 0.323 e. The average molecular weight is 485 g/mol. The van der Waals surface area contributed by atoms with Gasteiger partial charge >= 0.3 is 6.03 Å². The summed E-state index contributed by atoms with van der Waals surface area (Å²) in [5.41, 5.74) is 5.11. The van der Waals surface area contributed by atoms with Crippen molar-refractivity contribution in [2.45, 2.75) is 6.92 Å². The number of para-hydroxylation sites is 1. The number of H-pyrrole nitrogens is 1. The Hall–Kier alpha value is -4.92. The summed E-state index contributed by atoms with van der Waals surface area (Å²) < 4.78 is 27.6. The minimum absolute atomic E-state index is 0.184. The van der Waals surface area contributed by atoms with Crippen LogP contribution in [0.15, 0.2) is 72.9 Å². The number of carbonyl (C=O) groups is 2. The molecule has 3 aromatic carbocycles. The number of carbonyl (C=O) groups excluding carboxylic acids is 2. The number of amides is 3. The van der Waals surface area contributed by atoms with Gasteiger partial charge in [-0.3, -0.25) is 4.79 Å². The first kappa shape index (κ1) is 22.9. The molecule has 0 radical (unpaired) electrons. The summed E-state index contributed by atoms with van der Waals surface area (Å²) in [6, 6.07) is 17.0. The molecule has 0 bridgehead atoms. The van der Waals surface area contributed by atoms with Crippen LogP contribution in [0.3, 0.4) is 0 Å². The van der Waals surface area contributed by atoms with Crippen molar-refractivity contribution in [1.82, 2.24) is 4.98 Å². The molecule has 1 aliphatic heterocycles. The predicted molar refractivity (Wildman–Crippen MR) is 137 cm³/mol. The van der Waals surface area contributed by atoms with E-state index < -0.39 is 23.4 Å². The summed E-state index contributed by atoms with van der Waals surface area (Å²) >= 11 is 0. The van der Waals surface area contributed by atoms with E-state index in [1.54, 1.807) is 30.5 Å². The maximum Gasteiger partial charge on any atom is 0.323 e. The molecule has 36 heavy (non-hydrogen) atoms. The first-order valence-electron chi connectivity index (χ1n) is 11.1. The summed E-state index contributed by atoms with van der Waals surface area (Å²) in [6.45, 7) is 1.90. The Kier molecular flexibility index (Phi) is 5.95. The van der Waals surface area contributed by atoms with Crippen molar-refractivity contribution >= 4 is 52.0 Å². The van der Waals surface area contributed by atoms with E-state index in [1.165, 1.54) is 6.07 Å². The lowest BCUT2D eigenvalue weighted by Gasteiger charge is -2.14. The van der Waals surface area contributed by atoms with Crippen LogP contribution in [0.1, 0.15) is 16.8 Å². The van der Waals surface area contributed by atoms with Gasteiger partial charge in [-0.1, -0.05) is 18.2 Å². The van der Waals surface area contributed by atoms with E-state index in [-0.39, 0.29) is 5.91 Å². The van der Waals surface area contributed by atoms with Crippen LogP contribution in [0.4, 0.5) is 42.0 Å². The molecule has 0 spiro atoms. The van der Waals surface area contributed by atoms with Gasteiger partial charge in [0.25, 0.3) is 5.91 Å². The summed E-state index contributed by atoms with van der Waals surface area (Å²) in [7, 11) is 0. The Morgan fingerprint density at radius 2 is 1.69 bits per heavy atom. The quantitative estimate of drug-likeness (QED) is 0.209. The van der Waals surface area contributed by atoms with Gasteiger partial charge in [-0.2, -0.15) is 0 Å². The Labute approximate surface area is 205 Å². The van der Waals surface area contributed by atoms with Crippen LogP contribution >= 0.6 is 0 Å². The highest BCUT2D eigenvalue weighted by molar-refractivity contribution is 6.35. The molecule has 0 saturated heterocycles. The number of rotatable bonds is 5. The molecular formula is C27H21F2N5O2. The number of hydrogen-bond donors (Lipinski definition) is 5. The zero-order valence-electron chi connectivity index (χ0n) is 19.1. The van der Waals surface area contributed by atoms with Crippen LogP contribution < -0.4 is 21.3 Å². The van der Waals surface area contributed by atoms with Crippen LogP contribution in [0.2, 0.25) is 0 Å². The lowest BCUT2D eigenvalue weighted by Crippen LogP contribution is -2.21. The molecule has 180 valence electrons. The van der Waals surface area contributed by atoms with Gasteiger partial charge in [0.05, 0.1) is 11.3 Å². The standard InChI is InChI=1S/C27H21F2N5O2/c1-15-7-8-18(32-27(36)34-25-21(28)5-2-6-22(25)29)13-23(15)31-17-9-10-19-20(12-16-4-3-11-30-16)26(35)33-24(19)14-17/h2-14,30-31H,1H3,(H,33,35)(H2,32,34,36). The summed E-state index contributed by atoms with van der Waals surface area (Å²) in [5, 5.41) is 10.9. The highest BCUT2D eigenvalue weighted by Gasteiger charge is 2.24. The van der Waals surface area contributed by atoms with Crippen molar-refractivity contribution in [1.29, 1.82) is 0 Å². The van der Waals surface area contributed by atoms with Gasteiger partial charge in [-0.05, 0) is 67.1 Å². The van der Waals surface area contributed by atoms with Crippen LogP contribution in [0.5, 0.6) is 0 Å².